The molecule has 166 valence electrons. The van der Waals surface area contributed by atoms with Crippen molar-refractivity contribution in [2.75, 3.05) is 13.2 Å². The highest BCUT2D eigenvalue weighted by Crippen LogP contribution is 2.44. The van der Waals surface area contributed by atoms with Crippen LogP contribution in [-0.4, -0.2) is 29.1 Å². The summed E-state index contributed by atoms with van der Waals surface area (Å²) >= 11 is 0. The Balaban J connectivity index is 0.000000614. The fourth-order valence-electron chi connectivity index (χ4n) is 2.86. The average molecular weight is 450 g/mol. The van der Waals surface area contributed by atoms with Crippen LogP contribution in [0.5, 0.6) is 0 Å². The van der Waals surface area contributed by atoms with Crippen molar-refractivity contribution < 1.29 is 32.7 Å². The summed E-state index contributed by atoms with van der Waals surface area (Å²) in [6, 6.07) is 10.9. The third-order valence-electron chi connectivity index (χ3n) is 4.16. The molecule has 2 aromatic carbocycles. The topological polar surface area (TPSA) is 121 Å². The van der Waals surface area contributed by atoms with Crippen LogP contribution in [0.15, 0.2) is 41.4 Å². The molecule has 0 aliphatic carbocycles. The van der Waals surface area contributed by atoms with Gasteiger partial charge in [0.05, 0.1) is 17.3 Å². The van der Waals surface area contributed by atoms with Gasteiger partial charge in [0.2, 0.25) is 0 Å². The molecule has 3 rings (SSSR count). The molecule has 0 unspecified atom stereocenters. The van der Waals surface area contributed by atoms with Gasteiger partial charge in [-0.25, -0.2) is 8.96 Å². The van der Waals surface area contributed by atoms with Crippen LogP contribution in [0.3, 0.4) is 0 Å². The van der Waals surface area contributed by atoms with Crippen molar-refractivity contribution >= 4 is 19.6 Å². The van der Waals surface area contributed by atoms with Crippen molar-refractivity contribution in [1.82, 2.24) is 0 Å². The van der Waals surface area contributed by atoms with E-state index in [-0.39, 0.29) is 5.56 Å². The minimum atomic E-state index is -4.80. The highest BCUT2D eigenvalue weighted by atomic mass is 31.2. The van der Waals surface area contributed by atoms with Crippen LogP contribution < -0.4 is 0 Å². The van der Waals surface area contributed by atoms with Crippen LogP contribution >= 0.6 is 7.82 Å². The van der Waals surface area contributed by atoms with E-state index in [4.69, 9.17) is 24.5 Å². The quantitative estimate of drug-likeness (QED) is 0.644. The maximum Gasteiger partial charge on any atom is 0.528 e. The largest absolute Gasteiger partial charge is 0.528 e. The fourth-order valence-corrected chi connectivity index (χ4v) is 3.14. The molecule has 0 saturated heterocycles. The van der Waals surface area contributed by atoms with Crippen molar-refractivity contribution in [3.63, 3.8) is 0 Å². The van der Waals surface area contributed by atoms with Gasteiger partial charge in [0.15, 0.2) is 0 Å². The Kier molecular flexibility index (Phi) is 7.93. The molecular formula is C21H24FN2O6P. The monoisotopic (exact) mass is 450 g/mol. The van der Waals surface area contributed by atoms with Crippen molar-refractivity contribution in [2.24, 2.45) is 4.99 Å². The Morgan fingerprint density at radius 2 is 1.84 bits per heavy atom. The van der Waals surface area contributed by atoms with Gasteiger partial charge >= 0.3 is 13.9 Å². The fraction of sp³-hybridized carbons (Fsp3) is 0.333. The van der Waals surface area contributed by atoms with Crippen molar-refractivity contribution in [2.45, 2.75) is 33.3 Å². The predicted molar refractivity (Wildman–Crippen MR) is 113 cm³/mol. The first-order chi connectivity index (χ1) is 14.5. The van der Waals surface area contributed by atoms with Crippen molar-refractivity contribution in [3.05, 3.63) is 53.3 Å². The molecule has 0 amide bonds. The highest BCUT2D eigenvalue weighted by Gasteiger charge is 2.35. The number of fused-ring (bicyclic) bond motifs is 1. The summed E-state index contributed by atoms with van der Waals surface area (Å²) in [6.45, 7) is 9.03. The number of phosphoric acid groups is 1. The molecule has 10 heteroatoms. The summed E-state index contributed by atoms with van der Waals surface area (Å²) in [5.41, 5.74) is 1.39. The maximum absolute atomic E-state index is 13.7. The molecule has 1 aliphatic rings. The van der Waals surface area contributed by atoms with Crippen molar-refractivity contribution in [3.8, 4) is 17.2 Å². The summed E-state index contributed by atoms with van der Waals surface area (Å²) < 4.78 is 39.4. The predicted octanol–water partition coefficient (Wildman–Crippen LogP) is 4.77. The van der Waals surface area contributed by atoms with Crippen LogP contribution in [-0.2, 0) is 24.2 Å². The zero-order valence-electron chi connectivity index (χ0n) is 17.6. The normalized spacial score (nSPS) is 14.2. The Morgan fingerprint density at radius 1 is 1.16 bits per heavy atom. The van der Waals surface area contributed by atoms with Gasteiger partial charge in [0.1, 0.15) is 11.4 Å². The summed E-state index contributed by atoms with van der Waals surface area (Å²) in [4.78, 5) is 21.8. The van der Waals surface area contributed by atoms with Gasteiger partial charge in [-0.3, -0.25) is 9.79 Å². The number of aliphatic imine (C=N–C) groups is 1. The maximum atomic E-state index is 13.7. The van der Waals surface area contributed by atoms with Gasteiger partial charge in [-0.05, 0) is 69.2 Å². The first kappa shape index (κ1) is 24.5. The van der Waals surface area contributed by atoms with Gasteiger partial charge in [0.25, 0.3) is 0 Å². The van der Waals surface area contributed by atoms with E-state index in [1.165, 1.54) is 6.07 Å². The summed E-state index contributed by atoms with van der Waals surface area (Å²) in [7, 11) is -4.80. The minimum absolute atomic E-state index is 0.198. The second-order valence-corrected chi connectivity index (χ2v) is 8.09. The first-order valence-corrected chi connectivity index (χ1v) is 11.0. The van der Waals surface area contributed by atoms with E-state index in [2.05, 4.69) is 9.52 Å². The van der Waals surface area contributed by atoms with Crippen LogP contribution in [0.4, 0.5) is 10.1 Å². The first-order valence-electron chi connectivity index (χ1n) is 9.45. The Bertz CT molecular complexity index is 1060. The molecule has 8 nitrogen and oxygen atoms in total. The lowest BCUT2D eigenvalue weighted by Crippen LogP contribution is -2.29. The molecule has 0 saturated carbocycles. The minimum Gasteiger partial charge on any atom is -0.439 e. The lowest BCUT2D eigenvalue weighted by Gasteiger charge is -2.31. The highest BCUT2D eigenvalue weighted by molar-refractivity contribution is 7.46. The zero-order valence-corrected chi connectivity index (χ0v) is 18.5. The number of halogens is 1. The van der Waals surface area contributed by atoms with Crippen LogP contribution in [0.25, 0.3) is 11.1 Å². The Hall–Kier alpha value is -2.76. The Labute approximate surface area is 180 Å². The SMILES string of the molecule is CC1(C)OC(OP(=O)(O)O)=Nc2ccc(-c3cc(F)cc(C#N)c3)cc21.CCOCC. The van der Waals surface area contributed by atoms with E-state index >= 15 is 0 Å². The second kappa shape index (κ2) is 10.0. The molecule has 1 heterocycles. The number of nitrogens with zero attached hydrogens (tertiary/aromatic N) is 2. The smallest absolute Gasteiger partial charge is 0.439 e. The van der Waals surface area contributed by atoms with E-state index in [0.29, 0.717) is 22.4 Å². The molecule has 31 heavy (non-hydrogen) atoms. The third kappa shape index (κ3) is 6.88. The number of benzene rings is 2. The molecule has 2 aromatic rings. The van der Waals surface area contributed by atoms with Crippen molar-refractivity contribution in [1.29, 1.82) is 5.26 Å². The molecule has 0 fully saturated rings. The van der Waals surface area contributed by atoms with E-state index in [1.807, 2.05) is 19.9 Å². The molecule has 0 atom stereocenters. The van der Waals surface area contributed by atoms with Crippen LogP contribution in [0, 0.1) is 17.1 Å². The van der Waals surface area contributed by atoms with Gasteiger partial charge in [0, 0.05) is 18.8 Å². The van der Waals surface area contributed by atoms with E-state index in [0.717, 1.165) is 19.3 Å². The van der Waals surface area contributed by atoms with Gasteiger partial charge in [-0.2, -0.15) is 10.3 Å². The number of rotatable bonds is 4. The van der Waals surface area contributed by atoms with E-state index < -0.39 is 25.3 Å². The molecular weight excluding hydrogens is 426 g/mol. The van der Waals surface area contributed by atoms with Gasteiger partial charge < -0.3 is 14.0 Å². The molecule has 0 radical (unpaired) electrons. The summed E-state index contributed by atoms with van der Waals surface area (Å²) in [6.07, 6.45) is -0.527. The summed E-state index contributed by atoms with van der Waals surface area (Å²) in [5, 5.41) is 9.00. The Morgan fingerprint density at radius 3 is 2.39 bits per heavy atom. The number of ether oxygens (including phenoxy) is 2. The number of hydrogen-bond donors (Lipinski definition) is 2. The van der Waals surface area contributed by atoms with Crippen LogP contribution in [0.2, 0.25) is 0 Å². The molecule has 0 bridgehead atoms. The molecule has 0 aromatic heterocycles. The van der Waals surface area contributed by atoms with E-state index in [9.17, 15) is 8.96 Å². The number of hydrogen-bond acceptors (Lipinski definition) is 6. The molecule has 1 aliphatic heterocycles. The van der Waals surface area contributed by atoms with Crippen LogP contribution in [0.1, 0.15) is 38.8 Å². The second-order valence-electron chi connectivity index (χ2n) is 6.93. The standard InChI is InChI=1S/C17H14FN2O5P.C4H10O/c1-17(2)14-8-11(12-5-10(9-19)6-13(18)7-12)3-4-15(14)20-16(24-17)25-26(21,22)23;1-3-5-4-2/h3-8H,1-2H3,(H2,21,22,23);3-4H2,1-2H3. The zero-order chi connectivity index (χ0) is 23.2. The van der Waals surface area contributed by atoms with Gasteiger partial charge in [-0.1, -0.05) is 6.07 Å². The average Bonchev–Trinajstić information content (AvgIpc) is 2.66. The lowest BCUT2D eigenvalue weighted by molar-refractivity contribution is 0.0547. The van der Waals surface area contributed by atoms with E-state index in [1.54, 1.807) is 38.1 Å². The molecule has 0 spiro atoms. The third-order valence-corrected chi connectivity index (χ3v) is 4.56. The summed E-state index contributed by atoms with van der Waals surface area (Å²) in [5.74, 6) is -0.525. The van der Waals surface area contributed by atoms with Gasteiger partial charge in [-0.15, -0.1) is 0 Å². The molecule has 2 N–H and O–H groups in total. The lowest BCUT2D eigenvalue weighted by atomic mass is 9.91. The number of nitriles is 1. The number of phosphoric ester groups is 1.